The van der Waals surface area contributed by atoms with Crippen LogP contribution in [0.4, 0.5) is 5.82 Å². The molecule has 2 N–H and O–H groups in total. The standard InChI is InChI=1S/C21H20N4O7S2/c1-23-17(22)16(19(29)24(2)20(23)30)13(26)10-32-15(27)9-25-18(28)14(34-21(25)33)8-11-4-6-12(31-3)7-5-11/h4-8H,9-10,22H2,1-3H3/b14-8-. The van der Waals surface area contributed by atoms with Crippen molar-refractivity contribution in [2.45, 2.75) is 0 Å². The molecule has 1 fully saturated rings. The predicted molar refractivity (Wildman–Crippen MR) is 129 cm³/mol. The van der Waals surface area contributed by atoms with Gasteiger partial charge in [-0.15, -0.1) is 0 Å². The van der Waals surface area contributed by atoms with E-state index in [2.05, 4.69) is 0 Å². The molecule has 13 heteroatoms. The Morgan fingerprint density at radius 1 is 1.12 bits per heavy atom. The van der Waals surface area contributed by atoms with E-state index in [9.17, 15) is 24.0 Å². The van der Waals surface area contributed by atoms with E-state index in [4.69, 9.17) is 27.4 Å². The normalized spacial score (nSPS) is 14.6. The fourth-order valence-electron chi connectivity index (χ4n) is 3.00. The van der Waals surface area contributed by atoms with Crippen molar-refractivity contribution in [2.75, 3.05) is 26.0 Å². The third kappa shape index (κ3) is 4.94. The van der Waals surface area contributed by atoms with Gasteiger partial charge in [-0.3, -0.25) is 33.2 Å². The van der Waals surface area contributed by atoms with Crippen LogP contribution in [-0.2, 0) is 28.4 Å². The van der Waals surface area contributed by atoms with Crippen LogP contribution >= 0.6 is 24.0 Å². The number of hydrogen-bond donors (Lipinski definition) is 1. The first-order valence-electron chi connectivity index (χ1n) is 9.68. The number of anilines is 1. The molecule has 0 bridgehead atoms. The molecule has 1 amide bonds. The van der Waals surface area contributed by atoms with E-state index >= 15 is 0 Å². The highest BCUT2D eigenvalue weighted by atomic mass is 32.2. The number of carbonyl (C=O) groups is 3. The first-order chi connectivity index (χ1) is 16.0. The number of Topliss-reactive ketones (excluding diaryl/α,β-unsaturated/α-hetero) is 1. The summed E-state index contributed by atoms with van der Waals surface area (Å²) in [4.78, 5) is 62.9. The van der Waals surface area contributed by atoms with Crippen molar-refractivity contribution in [1.29, 1.82) is 0 Å². The van der Waals surface area contributed by atoms with Crippen LogP contribution in [0.1, 0.15) is 15.9 Å². The molecule has 0 aliphatic carbocycles. The maximum Gasteiger partial charge on any atom is 0.332 e. The van der Waals surface area contributed by atoms with Crippen LogP contribution in [0, 0.1) is 0 Å². The van der Waals surface area contributed by atoms with Gasteiger partial charge in [0.2, 0.25) is 5.78 Å². The van der Waals surface area contributed by atoms with E-state index in [1.54, 1.807) is 37.5 Å². The number of nitrogens with zero attached hydrogens (tertiary/aromatic N) is 3. The summed E-state index contributed by atoms with van der Waals surface area (Å²) in [5.74, 6) is -1.94. The molecule has 0 radical (unpaired) electrons. The second-order valence-electron chi connectivity index (χ2n) is 7.09. The molecule has 11 nitrogen and oxygen atoms in total. The number of amides is 1. The highest BCUT2D eigenvalue weighted by molar-refractivity contribution is 8.26. The molecular formula is C21H20N4O7S2. The number of nitrogen functional groups attached to an aromatic ring is 1. The minimum atomic E-state index is -0.907. The average Bonchev–Trinajstić information content (AvgIpc) is 3.08. The minimum Gasteiger partial charge on any atom is -0.497 e. The van der Waals surface area contributed by atoms with Crippen LogP contribution in [0.2, 0.25) is 0 Å². The monoisotopic (exact) mass is 504 g/mol. The van der Waals surface area contributed by atoms with Crippen molar-refractivity contribution in [2.24, 2.45) is 14.1 Å². The fraction of sp³-hybridized carbons (Fsp3) is 0.238. The lowest BCUT2D eigenvalue weighted by atomic mass is 10.2. The molecule has 3 rings (SSSR count). The Bertz CT molecular complexity index is 1340. The van der Waals surface area contributed by atoms with E-state index in [0.717, 1.165) is 31.4 Å². The predicted octanol–water partition coefficient (Wildman–Crippen LogP) is 0.302. The van der Waals surface area contributed by atoms with Crippen LogP contribution in [0.3, 0.4) is 0 Å². The van der Waals surface area contributed by atoms with Crippen LogP contribution in [-0.4, -0.2) is 56.3 Å². The second kappa shape index (κ2) is 10.1. The van der Waals surface area contributed by atoms with E-state index in [1.807, 2.05) is 0 Å². The lowest BCUT2D eigenvalue weighted by Crippen LogP contribution is -2.42. The Kier molecular flexibility index (Phi) is 7.37. The highest BCUT2D eigenvalue weighted by Gasteiger charge is 2.34. The second-order valence-corrected chi connectivity index (χ2v) is 8.77. The minimum absolute atomic E-state index is 0.157. The Labute approximate surface area is 202 Å². The Morgan fingerprint density at radius 3 is 2.38 bits per heavy atom. The largest absolute Gasteiger partial charge is 0.497 e. The molecule has 1 aliphatic heterocycles. The van der Waals surface area contributed by atoms with Gasteiger partial charge in [0.05, 0.1) is 12.0 Å². The first-order valence-corrected chi connectivity index (χ1v) is 10.9. The van der Waals surface area contributed by atoms with Gasteiger partial charge in [-0.25, -0.2) is 4.79 Å². The van der Waals surface area contributed by atoms with Crippen molar-refractivity contribution < 1.29 is 23.9 Å². The third-order valence-corrected chi connectivity index (χ3v) is 6.31. The number of thioether (sulfide) groups is 1. The lowest BCUT2D eigenvalue weighted by Gasteiger charge is -2.14. The number of ether oxygens (including phenoxy) is 2. The van der Waals surface area contributed by atoms with Gasteiger partial charge in [0, 0.05) is 14.1 Å². The smallest absolute Gasteiger partial charge is 0.332 e. The van der Waals surface area contributed by atoms with Gasteiger partial charge in [0.1, 0.15) is 28.0 Å². The van der Waals surface area contributed by atoms with Crippen molar-refractivity contribution >= 4 is 57.9 Å². The van der Waals surface area contributed by atoms with E-state index in [1.165, 1.54) is 14.1 Å². The summed E-state index contributed by atoms with van der Waals surface area (Å²) in [6.45, 7) is -1.31. The van der Waals surface area contributed by atoms with Crippen LogP contribution in [0.15, 0.2) is 38.8 Å². The van der Waals surface area contributed by atoms with Crippen LogP contribution < -0.4 is 21.7 Å². The molecule has 1 aromatic heterocycles. The summed E-state index contributed by atoms with van der Waals surface area (Å²) in [7, 11) is 4.04. The Balaban J connectivity index is 1.66. The Hall–Kier alpha value is -3.71. The molecular weight excluding hydrogens is 484 g/mol. The summed E-state index contributed by atoms with van der Waals surface area (Å²) in [6, 6.07) is 7.01. The average molecular weight is 505 g/mol. The zero-order chi connectivity index (χ0) is 25.2. The third-order valence-electron chi connectivity index (χ3n) is 4.93. The summed E-state index contributed by atoms with van der Waals surface area (Å²) in [6.07, 6.45) is 1.63. The van der Waals surface area contributed by atoms with Crippen molar-refractivity contribution in [1.82, 2.24) is 14.0 Å². The zero-order valence-corrected chi connectivity index (χ0v) is 20.0. The van der Waals surface area contributed by atoms with Gasteiger partial charge in [-0.05, 0) is 23.8 Å². The molecule has 1 aliphatic rings. The van der Waals surface area contributed by atoms with Crippen molar-refractivity contribution in [3.05, 3.63) is 61.1 Å². The van der Waals surface area contributed by atoms with E-state index in [-0.39, 0.29) is 10.1 Å². The van der Waals surface area contributed by atoms with Crippen LogP contribution in [0.25, 0.3) is 6.08 Å². The highest BCUT2D eigenvalue weighted by Crippen LogP contribution is 2.32. The SMILES string of the molecule is COc1ccc(/C=C2\SC(=S)N(CC(=O)OCC(=O)c3c(N)n(C)c(=O)n(C)c3=O)C2=O)cc1. The quantitative estimate of drug-likeness (QED) is 0.242. The first kappa shape index (κ1) is 24.9. The summed E-state index contributed by atoms with van der Waals surface area (Å²) < 4.78 is 11.9. The van der Waals surface area contributed by atoms with Crippen molar-refractivity contribution in [3.63, 3.8) is 0 Å². The number of esters is 1. The molecule has 1 saturated heterocycles. The number of ketones is 1. The van der Waals surface area contributed by atoms with Crippen molar-refractivity contribution in [3.8, 4) is 5.75 Å². The number of benzene rings is 1. The molecule has 178 valence electrons. The number of aromatic nitrogens is 2. The summed E-state index contributed by atoms with van der Waals surface area (Å²) >= 11 is 6.22. The fourth-order valence-corrected chi connectivity index (χ4v) is 4.26. The van der Waals surface area contributed by atoms with E-state index in [0.29, 0.717) is 10.7 Å². The number of rotatable bonds is 7. The topological polar surface area (TPSA) is 143 Å². The summed E-state index contributed by atoms with van der Waals surface area (Å²) in [5, 5.41) is 0. The summed E-state index contributed by atoms with van der Waals surface area (Å²) in [5.41, 5.74) is 4.40. The van der Waals surface area contributed by atoms with Crippen LogP contribution in [0.5, 0.6) is 5.75 Å². The maximum atomic E-state index is 12.7. The van der Waals surface area contributed by atoms with Gasteiger partial charge >= 0.3 is 11.7 Å². The number of hydrogen-bond acceptors (Lipinski definition) is 10. The molecule has 0 atom stereocenters. The van der Waals surface area contributed by atoms with E-state index < -0.39 is 47.6 Å². The molecule has 0 spiro atoms. The number of carbonyl (C=O) groups excluding carboxylic acids is 3. The lowest BCUT2D eigenvalue weighted by molar-refractivity contribution is -0.145. The number of methoxy groups -OCH3 is 1. The molecule has 2 aromatic rings. The molecule has 2 heterocycles. The maximum absolute atomic E-state index is 12.7. The number of nitrogens with two attached hydrogens (primary N) is 1. The zero-order valence-electron chi connectivity index (χ0n) is 18.4. The van der Waals surface area contributed by atoms with Gasteiger partial charge in [0.25, 0.3) is 11.5 Å². The van der Waals surface area contributed by atoms with Gasteiger partial charge in [-0.2, -0.15) is 0 Å². The van der Waals surface area contributed by atoms with Gasteiger partial charge in [-0.1, -0.05) is 36.1 Å². The molecule has 0 unspecified atom stereocenters. The van der Waals surface area contributed by atoms with Gasteiger partial charge in [0.15, 0.2) is 6.61 Å². The number of thiocarbonyl (C=S) groups is 1. The van der Waals surface area contributed by atoms with Gasteiger partial charge < -0.3 is 15.2 Å². The molecule has 34 heavy (non-hydrogen) atoms. The molecule has 1 aromatic carbocycles. The molecule has 0 saturated carbocycles. The Morgan fingerprint density at radius 2 is 1.76 bits per heavy atom.